The van der Waals surface area contributed by atoms with Crippen LogP contribution in [0.3, 0.4) is 0 Å². The maximum Gasteiger partial charge on any atom is 0.373 e. The molecule has 2 aromatic heterocycles. The van der Waals surface area contributed by atoms with E-state index in [9.17, 15) is 9.59 Å². The fourth-order valence-corrected chi connectivity index (χ4v) is 2.36. The molecule has 0 aliphatic heterocycles. The van der Waals surface area contributed by atoms with Crippen LogP contribution in [-0.2, 0) is 11.3 Å². The standard InChI is InChI=1S/C17H15NO5/c1-21-12-3-5-14-11(9-12)7-8-18(16(14)19)10-13-4-6-15(23-13)17(20)22-2/h3-9H,10H2,1-2H3. The molecule has 0 bridgehead atoms. The molecule has 0 saturated heterocycles. The first kappa shape index (κ1) is 14.9. The average Bonchev–Trinajstić information content (AvgIpc) is 3.05. The van der Waals surface area contributed by atoms with Gasteiger partial charge < -0.3 is 18.5 Å². The maximum absolute atomic E-state index is 12.5. The monoisotopic (exact) mass is 313 g/mol. The lowest BCUT2D eigenvalue weighted by Gasteiger charge is -2.07. The van der Waals surface area contributed by atoms with Gasteiger partial charge >= 0.3 is 5.97 Å². The molecule has 0 unspecified atom stereocenters. The van der Waals surface area contributed by atoms with Gasteiger partial charge in [-0.1, -0.05) is 0 Å². The van der Waals surface area contributed by atoms with Gasteiger partial charge in [0.2, 0.25) is 5.76 Å². The number of pyridine rings is 1. The quantitative estimate of drug-likeness (QED) is 0.692. The number of nitrogens with zero attached hydrogens (tertiary/aromatic N) is 1. The maximum atomic E-state index is 12.5. The molecule has 3 rings (SSSR count). The van der Waals surface area contributed by atoms with Crippen LogP contribution in [0.4, 0.5) is 0 Å². The van der Waals surface area contributed by atoms with Crippen molar-refractivity contribution in [3.8, 4) is 5.75 Å². The Morgan fingerprint density at radius 2 is 2.00 bits per heavy atom. The number of aromatic nitrogens is 1. The van der Waals surface area contributed by atoms with E-state index in [2.05, 4.69) is 4.74 Å². The highest BCUT2D eigenvalue weighted by Crippen LogP contribution is 2.18. The summed E-state index contributed by atoms with van der Waals surface area (Å²) in [5.41, 5.74) is -0.138. The molecule has 0 atom stereocenters. The Kier molecular flexibility index (Phi) is 3.89. The number of benzene rings is 1. The molecule has 2 heterocycles. The Morgan fingerprint density at radius 1 is 1.17 bits per heavy atom. The summed E-state index contributed by atoms with van der Waals surface area (Å²) in [7, 11) is 2.87. The largest absolute Gasteiger partial charge is 0.497 e. The van der Waals surface area contributed by atoms with Gasteiger partial charge in [0.25, 0.3) is 5.56 Å². The van der Waals surface area contributed by atoms with Gasteiger partial charge in [-0.15, -0.1) is 0 Å². The Morgan fingerprint density at radius 3 is 2.74 bits per heavy atom. The first-order chi connectivity index (χ1) is 11.1. The molecular formula is C17H15NO5. The van der Waals surface area contributed by atoms with Crippen molar-refractivity contribution in [2.75, 3.05) is 14.2 Å². The van der Waals surface area contributed by atoms with Crippen LogP contribution < -0.4 is 10.3 Å². The molecule has 0 saturated carbocycles. The minimum atomic E-state index is -0.547. The summed E-state index contributed by atoms with van der Waals surface area (Å²) in [5.74, 6) is 0.763. The summed E-state index contributed by atoms with van der Waals surface area (Å²) < 4.78 is 16.7. The SMILES string of the molecule is COC(=O)c1ccc(Cn2ccc3cc(OC)ccc3c2=O)o1. The fourth-order valence-electron chi connectivity index (χ4n) is 2.36. The van der Waals surface area contributed by atoms with Gasteiger partial charge in [-0.2, -0.15) is 0 Å². The molecule has 0 amide bonds. The summed E-state index contributed by atoms with van der Waals surface area (Å²) >= 11 is 0. The van der Waals surface area contributed by atoms with Crippen LogP contribution in [0.15, 0.2) is 51.8 Å². The van der Waals surface area contributed by atoms with E-state index < -0.39 is 5.97 Å². The molecule has 1 aromatic carbocycles. The third kappa shape index (κ3) is 2.83. The van der Waals surface area contributed by atoms with Gasteiger partial charge in [0.1, 0.15) is 11.5 Å². The first-order valence-corrected chi connectivity index (χ1v) is 6.96. The third-order valence-electron chi connectivity index (χ3n) is 3.56. The van der Waals surface area contributed by atoms with Crippen molar-refractivity contribution in [3.05, 3.63) is 64.5 Å². The number of hydrogen-bond donors (Lipinski definition) is 0. The minimum Gasteiger partial charge on any atom is -0.497 e. The number of rotatable bonds is 4. The van der Waals surface area contributed by atoms with E-state index in [0.717, 1.165) is 5.39 Å². The lowest BCUT2D eigenvalue weighted by molar-refractivity contribution is 0.0563. The second-order valence-electron chi connectivity index (χ2n) is 4.96. The van der Waals surface area contributed by atoms with E-state index in [4.69, 9.17) is 9.15 Å². The highest BCUT2D eigenvalue weighted by Gasteiger charge is 2.12. The number of fused-ring (bicyclic) bond motifs is 1. The normalized spacial score (nSPS) is 10.7. The molecule has 0 spiro atoms. The first-order valence-electron chi connectivity index (χ1n) is 6.96. The van der Waals surface area contributed by atoms with Gasteiger partial charge in [0.05, 0.1) is 20.8 Å². The predicted molar refractivity (Wildman–Crippen MR) is 83.9 cm³/mol. The van der Waals surface area contributed by atoms with Crippen molar-refractivity contribution in [1.82, 2.24) is 4.57 Å². The Hall–Kier alpha value is -3.02. The molecule has 23 heavy (non-hydrogen) atoms. The third-order valence-corrected chi connectivity index (χ3v) is 3.56. The second-order valence-corrected chi connectivity index (χ2v) is 4.96. The van der Waals surface area contributed by atoms with Crippen LogP contribution in [0.5, 0.6) is 5.75 Å². The van der Waals surface area contributed by atoms with Crippen molar-refractivity contribution < 1.29 is 18.7 Å². The van der Waals surface area contributed by atoms with Gasteiger partial charge in [0, 0.05) is 11.6 Å². The number of ether oxygens (including phenoxy) is 2. The van der Waals surface area contributed by atoms with Crippen molar-refractivity contribution in [3.63, 3.8) is 0 Å². The molecule has 0 aliphatic rings. The zero-order valence-corrected chi connectivity index (χ0v) is 12.7. The van der Waals surface area contributed by atoms with E-state index >= 15 is 0 Å². The van der Waals surface area contributed by atoms with Crippen molar-refractivity contribution >= 4 is 16.7 Å². The summed E-state index contributed by atoms with van der Waals surface area (Å²) in [6.07, 6.45) is 1.68. The zero-order valence-electron chi connectivity index (χ0n) is 12.7. The number of carbonyl (C=O) groups excluding carboxylic acids is 1. The highest BCUT2D eigenvalue weighted by molar-refractivity contribution is 5.86. The molecule has 0 aliphatic carbocycles. The summed E-state index contributed by atoms with van der Waals surface area (Å²) in [4.78, 5) is 23.9. The van der Waals surface area contributed by atoms with Gasteiger partial charge in [-0.25, -0.2) is 4.79 Å². The van der Waals surface area contributed by atoms with Crippen LogP contribution in [0.2, 0.25) is 0 Å². The molecular weight excluding hydrogens is 298 g/mol. The smallest absolute Gasteiger partial charge is 0.373 e. The average molecular weight is 313 g/mol. The van der Waals surface area contributed by atoms with Crippen molar-refractivity contribution in [2.24, 2.45) is 0 Å². The minimum absolute atomic E-state index is 0.112. The second kappa shape index (κ2) is 6.00. The lowest BCUT2D eigenvalue weighted by atomic mass is 10.1. The molecule has 0 radical (unpaired) electrons. The van der Waals surface area contributed by atoms with E-state index in [1.54, 1.807) is 31.5 Å². The summed E-state index contributed by atoms with van der Waals surface area (Å²) in [5, 5.41) is 1.40. The van der Waals surface area contributed by atoms with Gasteiger partial charge in [-0.3, -0.25) is 4.79 Å². The Balaban J connectivity index is 1.94. The molecule has 6 heteroatoms. The van der Waals surface area contributed by atoms with E-state index in [0.29, 0.717) is 16.9 Å². The number of esters is 1. The van der Waals surface area contributed by atoms with Crippen LogP contribution >= 0.6 is 0 Å². The summed E-state index contributed by atoms with van der Waals surface area (Å²) in [6.45, 7) is 0.234. The number of furan rings is 1. The lowest BCUT2D eigenvalue weighted by Crippen LogP contribution is -2.19. The molecule has 0 fully saturated rings. The van der Waals surface area contributed by atoms with Crippen LogP contribution in [0.1, 0.15) is 16.3 Å². The molecule has 3 aromatic rings. The van der Waals surface area contributed by atoms with E-state index in [-0.39, 0.29) is 17.9 Å². The van der Waals surface area contributed by atoms with E-state index in [1.807, 2.05) is 12.1 Å². The molecule has 6 nitrogen and oxygen atoms in total. The molecule has 118 valence electrons. The van der Waals surface area contributed by atoms with Crippen LogP contribution in [-0.4, -0.2) is 24.8 Å². The number of carbonyl (C=O) groups is 1. The Bertz CT molecular complexity index is 922. The number of hydrogen-bond acceptors (Lipinski definition) is 5. The fraction of sp³-hybridized carbons (Fsp3) is 0.176. The van der Waals surface area contributed by atoms with Crippen LogP contribution in [0.25, 0.3) is 10.8 Å². The highest BCUT2D eigenvalue weighted by atomic mass is 16.5. The van der Waals surface area contributed by atoms with Gasteiger partial charge in [-0.05, 0) is 41.8 Å². The number of methoxy groups -OCH3 is 2. The van der Waals surface area contributed by atoms with Crippen LogP contribution in [0, 0.1) is 0 Å². The summed E-state index contributed by atoms with van der Waals surface area (Å²) in [6, 6.07) is 10.3. The molecule has 0 N–H and O–H groups in total. The van der Waals surface area contributed by atoms with E-state index in [1.165, 1.54) is 17.7 Å². The predicted octanol–water partition coefficient (Wildman–Crippen LogP) is 2.44. The van der Waals surface area contributed by atoms with Gasteiger partial charge in [0.15, 0.2) is 0 Å². The Labute approximate surface area is 131 Å². The van der Waals surface area contributed by atoms with Crippen molar-refractivity contribution in [2.45, 2.75) is 6.54 Å². The van der Waals surface area contributed by atoms with Crippen molar-refractivity contribution in [1.29, 1.82) is 0 Å². The topological polar surface area (TPSA) is 70.7 Å². The zero-order chi connectivity index (χ0) is 16.4.